The first-order chi connectivity index (χ1) is 9.26. The maximum atomic E-state index is 5.68. The molecule has 0 saturated carbocycles. The van der Waals surface area contributed by atoms with Gasteiger partial charge in [0.1, 0.15) is 5.75 Å². The van der Waals surface area contributed by atoms with Gasteiger partial charge in [-0.25, -0.2) is 4.98 Å². The van der Waals surface area contributed by atoms with Crippen LogP contribution in [0, 0.1) is 6.92 Å². The Hall–Kier alpha value is -1.97. The first-order valence-corrected chi connectivity index (χ1v) is 6.78. The average molecular weight is 259 g/mol. The van der Waals surface area contributed by atoms with Crippen LogP contribution in [0.4, 0.5) is 5.95 Å². The molecule has 0 saturated heterocycles. The van der Waals surface area contributed by atoms with E-state index in [9.17, 15) is 0 Å². The minimum absolute atomic E-state index is 0.655. The van der Waals surface area contributed by atoms with Crippen molar-refractivity contribution in [2.45, 2.75) is 27.2 Å². The molecule has 2 aromatic rings. The Bertz CT molecular complexity index is 534. The first-order valence-electron chi connectivity index (χ1n) is 6.78. The molecule has 4 heteroatoms. The second-order valence-electron chi connectivity index (χ2n) is 4.40. The fraction of sp³-hybridized carbons (Fsp3) is 0.400. The van der Waals surface area contributed by atoms with Crippen molar-refractivity contribution in [3.8, 4) is 11.4 Å². The van der Waals surface area contributed by atoms with Gasteiger partial charge in [-0.05, 0) is 32.4 Å². The molecule has 102 valence electrons. The summed E-state index contributed by atoms with van der Waals surface area (Å²) in [5, 5.41) is 3.35. The SMILES string of the molecule is CCCNc1nc(C)cn1-c1ccccc1OCC. The van der Waals surface area contributed by atoms with Gasteiger partial charge in [0.25, 0.3) is 0 Å². The van der Waals surface area contributed by atoms with Crippen molar-refractivity contribution in [2.24, 2.45) is 0 Å². The molecule has 1 heterocycles. The zero-order valence-electron chi connectivity index (χ0n) is 11.8. The Kier molecular flexibility index (Phi) is 4.44. The summed E-state index contributed by atoms with van der Waals surface area (Å²) >= 11 is 0. The number of benzene rings is 1. The Labute approximate surface area is 114 Å². The van der Waals surface area contributed by atoms with Crippen molar-refractivity contribution >= 4 is 5.95 Å². The summed E-state index contributed by atoms with van der Waals surface area (Å²) in [6, 6.07) is 8.02. The molecule has 0 atom stereocenters. The highest BCUT2D eigenvalue weighted by Gasteiger charge is 2.11. The average Bonchev–Trinajstić information content (AvgIpc) is 2.78. The molecule has 19 heavy (non-hydrogen) atoms. The van der Waals surface area contributed by atoms with Gasteiger partial charge in [0.05, 0.1) is 18.0 Å². The predicted octanol–water partition coefficient (Wildman–Crippen LogP) is 3.40. The Morgan fingerprint density at radius 2 is 2.05 bits per heavy atom. The van der Waals surface area contributed by atoms with Crippen LogP contribution in [-0.2, 0) is 0 Å². The number of para-hydroxylation sites is 2. The lowest BCUT2D eigenvalue weighted by molar-refractivity contribution is 0.339. The number of nitrogens with zero attached hydrogens (tertiary/aromatic N) is 2. The highest BCUT2D eigenvalue weighted by atomic mass is 16.5. The molecule has 0 fully saturated rings. The van der Waals surface area contributed by atoms with E-state index in [1.807, 2.05) is 44.3 Å². The van der Waals surface area contributed by atoms with Crippen LogP contribution in [0.1, 0.15) is 26.0 Å². The van der Waals surface area contributed by atoms with Crippen LogP contribution in [0.15, 0.2) is 30.5 Å². The highest BCUT2D eigenvalue weighted by molar-refractivity contribution is 5.52. The lowest BCUT2D eigenvalue weighted by atomic mass is 10.3. The molecular weight excluding hydrogens is 238 g/mol. The van der Waals surface area contributed by atoms with Crippen LogP contribution in [0.5, 0.6) is 5.75 Å². The second-order valence-corrected chi connectivity index (χ2v) is 4.40. The van der Waals surface area contributed by atoms with Crippen molar-refractivity contribution in [1.82, 2.24) is 9.55 Å². The third-order valence-corrected chi connectivity index (χ3v) is 2.78. The largest absolute Gasteiger partial charge is 0.492 e. The van der Waals surface area contributed by atoms with Crippen molar-refractivity contribution < 1.29 is 4.74 Å². The van der Waals surface area contributed by atoms with Crippen LogP contribution < -0.4 is 10.1 Å². The van der Waals surface area contributed by atoms with Crippen molar-refractivity contribution in [3.05, 3.63) is 36.2 Å². The molecule has 0 amide bonds. The van der Waals surface area contributed by atoms with E-state index >= 15 is 0 Å². The molecule has 4 nitrogen and oxygen atoms in total. The molecule has 2 rings (SSSR count). The van der Waals surface area contributed by atoms with Gasteiger partial charge in [0.2, 0.25) is 5.95 Å². The minimum Gasteiger partial charge on any atom is -0.492 e. The van der Waals surface area contributed by atoms with E-state index in [-0.39, 0.29) is 0 Å². The van der Waals surface area contributed by atoms with Gasteiger partial charge in [-0.3, -0.25) is 4.57 Å². The number of hydrogen-bond acceptors (Lipinski definition) is 3. The molecule has 0 unspecified atom stereocenters. The zero-order chi connectivity index (χ0) is 13.7. The lowest BCUT2D eigenvalue weighted by Crippen LogP contribution is -2.08. The normalized spacial score (nSPS) is 10.5. The number of ether oxygens (including phenoxy) is 1. The van der Waals surface area contributed by atoms with Gasteiger partial charge < -0.3 is 10.1 Å². The third-order valence-electron chi connectivity index (χ3n) is 2.78. The summed E-state index contributed by atoms with van der Waals surface area (Å²) < 4.78 is 7.74. The second kappa shape index (κ2) is 6.27. The van der Waals surface area contributed by atoms with Gasteiger partial charge in [-0.15, -0.1) is 0 Å². The molecule has 1 N–H and O–H groups in total. The first kappa shape index (κ1) is 13.5. The van der Waals surface area contributed by atoms with Crippen LogP contribution in [0.25, 0.3) is 5.69 Å². The number of rotatable bonds is 6. The molecule has 0 aliphatic heterocycles. The van der Waals surface area contributed by atoms with Gasteiger partial charge >= 0.3 is 0 Å². The monoisotopic (exact) mass is 259 g/mol. The third kappa shape index (κ3) is 3.08. The summed E-state index contributed by atoms with van der Waals surface area (Å²) in [6.45, 7) is 7.69. The maximum Gasteiger partial charge on any atom is 0.207 e. The highest BCUT2D eigenvalue weighted by Crippen LogP contribution is 2.26. The number of aromatic nitrogens is 2. The molecule has 0 radical (unpaired) electrons. The number of aryl methyl sites for hydroxylation is 1. The molecule has 0 aliphatic rings. The quantitative estimate of drug-likeness (QED) is 0.864. The fourth-order valence-electron chi connectivity index (χ4n) is 1.98. The summed E-state index contributed by atoms with van der Waals surface area (Å²) in [4.78, 5) is 4.52. The zero-order valence-corrected chi connectivity index (χ0v) is 11.8. The van der Waals surface area contributed by atoms with Crippen molar-refractivity contribution in [1.29, 1.82) is 0 Å². The summed E-state index contributed by atoms with van der Waals surface area (Å²) in [5.74, 6) is 1.74. The summed E-state index contributed by atoms with van der Waals surface area (Å²) in [5.41, 5.74) is 2.01. The van der Waals surface area contributed by atoms with Crippen molar-refractivity contribution in [3.63, 3.8) is 0 Å². The predicted molar refractivity (Wildman–Crippen MR) is 78.3 cm³/mol. The standard InChI is InChI=1S/C15H21N3O/c1-4-10-16-15-17-12(3)11-18(15)13-8-6-7-9-14(13)19-5-2/h6-9,11H,4-5,10H2,1-3H3,(H,16,17). The molecular formula is C15H21N3O. The van der Waals surface area contributed by atoms with Gasteiger partial charge in [0, 0.05) is 12.7 Å². The summed E-state index contributed by atoms with van der Waals surface area (Å²) in [7, 11) is 0. The van der Waals surface area contributed by atoms with Crippen LogP contribution in [0.2, 0.25) is 0 Å². The Balaban J connectivity index is 2.40. The van der Waals surface area contributed by atoms with E-state index in [0.717, 1.165) is 36.0 Å². The number of nitrogens with one attached hydrogen (secondary N) is 1. The Morgan fingerprint density at radius 3 is 2.79 bits per heavy atom. The number of anilines is 1. The molecule has 1 aromatic heterocycles. The topological polar surface area (TPSA) is 39.1 Å². The van der Waals surface area contributed by atoms with Crippen LogP contribution in [0.3, 0.4) is 0 Å². The van der Waals surface area contributed by atoms with E-state index in [1.165, 1.54) is 0 Å². The van der Waals surface area contributed by atoms with Crippen LogP contribution >= 0.6 is 0 Å². The fourth-order valence-corrected chi connectivity index (χ4v) is 1.98. The van der Waals surface area contributed by atoms with E-state index in [4.69, 9.17) is 4.74 Å². The minimum atomic E-state index is 0.655. The summed E-state index contributed by atoms with van der Waals surface area (Å²) in [6.07, 6.45) is 3.09. The smallest absolute Gasteiger partial charge is 0.207 e. The molecule has 0 spiro atoms. The molecule has 0 bridgehead atoms. The maximum absolute atomic E-state index is 5.68. The van der Waals surface area contributed by atoms with Crippen molar-refractivity contribution in [2.75, 3.05) is 18.5 Å². The Morgan fingerprint density at radius 1 is 1.26 bits per heavy atom. The van der Waals surface area contributed by atoms with Crippen LogP contribution in [-0.4, -0.2) is 22.7 Å². The van der Waals surface area contributed by atoms with E-state index in [0.29, 0.717) is 6.61 Å². The molecule has 1 aromatic carbocycles. The van der Waals surface area contributed by atoms with Gasteiger partial charge in [-0.2, -0.15) is 0 Å². The van der Waals surface area contributed by atoms with E-state index < -0.39 is 0 Å². The number of imidazole rings is 1. The molecule has 0 aliphatic carbocycles. The van der Waals surface area contributed by atoms with Gasteiger partial charge in [0.15, 0.2) is 0 Å². The van der Waals surface area contributed by atoms with Gasteiger partial charge in [-0.1, -0.05) is 19.1 Å². The van der Waals surface area contributed by atoms with E-state index in [1.54, 1.807) is 0 Å². The van der Waals surface area contributed by atoms with E-state index in [2.05, 4.69) is 21.8 Å². The number of hydrogen-bond donors (Lipinski definition) is 1. The lowest BCUT2D eigenvalue weighted by Gasteiger charge is -2.13.